The minimum atomic E-state index is -0.448. The smallest absolute Gasteiger partial charge is 0.293 e. The predicted molar refractivity (Wildman–Crippen MR) is 98.2 cm³/mol. The third-order valence-corrected chi connectivity index (χ3v) is 4.57. The Labute approximate surface area is 156 Å². The summed E-state index contributed by atoms with van der Waals surface area (Å²) >= 11 is 0. The van der Waals surface area contributed by atoms with Crippen LogP contribution in [0.25, 0.3) is 0 Å². The number of nitro benzene ring substituents is 1. The first-order chi connectivity index (χ1) is 13.1. The second-order valence-electron chi connectivity index (χ2n) is 6.37. The molecule has 1 fully saturated rings. The Morgan fingerprint density at radius 3 is 2.74 bits per heavy atom. The van der Waals surface area contributed by atoms with E-state index < -0.39 is 4.92 Å². The number of hydrogen-bond donors (Lipinski definition) is 0. The van der Waals surface area contributed by atoms with Crippen LogP contribution >= 0.6 is 0 Å². The van der Waals surface area contributed by atoms with E-state index >= 15 is 0 Å². The molecule has 0 atom stereocenters. The molecule has 8 heteroatoms. The fraction of sp³-hybridized carbons (Fsp3) is 0.368. The highest BCUT2D eigenvalue weighted by molar-refractivity contribution is 5.95. The lowest BCUT2D eigenvalue weighted by Gasteiger charge is -2.22. The average molecular weight is 368 g/mol. The third-order valence-electron chi connectivity index (χ3n) is 4.57. The minimum Gasteiger partial charge on any atom is -0.467 e. The van der Waals surface area contributed by atoms with Crippen molar-refractivity contribution in [1.29, 1.82) is 5.26 Å². The quantitative estimate of drug-likeness (QED) is 0.548. The van der Waals surface area contributed by atoms with Gasteiger partial charge in [-0.2, -0.15) is 5.26 Å². The average Bonchev–Trinajstić information content (AvgIpc) is 3.38. The zero-order valence-electron chi connectivity index (χ0n) is 14.8. The zero-order chi connectivity index (χ0) is 19.2. The van der Waals surface area contributed by atoms with Gasteiger partial charge in [0.1, 0.15) is 11.4 Å². The van der Waals surface area contributed by atoms with Gasteiger partial charge in [-0.25, -0.2) is 0 Å². The summed E-state index contributed by atoms with van der Waals surface area (Å²) in [5.41, 5.74) is 0.707. The third kappa shape index (κ3) is 4.26. The van der Waals surface area contributed by atoms with Gasteiger partial charge in [0.15, 0.2) is 0 Å². The number of carbonyl (C=O) groups is 1. The van der Waals surface area contributed by atoms with E-state index in [0.29, 0.717) is 11.4 Å². The summed E-state index contributed by atoms with van der Waals surface area (Å²) in [5, 5.41) is 20.4. The fourth-order valence-corrected chi connectivity index (χ4v) is 3.24. The van der Waals surface area contributed by atoms with Crippen molar-refractivity contribution >= 4 is 17.3 Å². The standard InChI is InChI=1S/C19H20N4O4/c20-8-4-11-22(14-16-5-3-12-27-16)19(24)15-6-7-17(18(13-15)23(25)26)21-9-1-2-10-21/h3,5-7,12-13H,1-2,4,9-11,14H2. The van der Waals surface area contributed by atoms with Crippen LogP contribution in [0.3, 0.4) is 0 Å². The molecule has 2 heterocycles. The van der Waals surface area contributed by atoms with Crippen molar-refractivity contribution in [3.05, 3.63) is 58.0 Å². The number of anilines is 1. The predicted octanol–water partition coefficient (Wildman–Crippen LogP) is 3.34. The Hall–Kier alpha value is -3.34. The summed E-state index contributed by atoms with van der Waals surface area (Å²) in [7, 11) is 0. The summed E-state index contributed by atoms with van der Waals surface area (Å²) in [6, 6.07) is 10.1. The number of carbonyl (C=O) groups excluding carboxylic acids is 1. The van der Waals surface area contributed by atoms with Crippen LogP contribution in [0.1, 0.15) is 35.4 Å². The highest BCUT2D eigenvalue weighted by Crippen LogP contribution is 2.32. The molecule has 1 aromatic carbocycles. The van der Waals surface area contributed by atoms with Crippen molar-refractivity contribution in [2.24, 2.45) is 0 Å². The summed E-state index contributed by atoms with van der Waals surface area (Å²) in [6.07, 6.45) is 3.68. The lowest BCUT2D eigenvalue weighted by atomic mass is 10.1. The Morgan fingerprint density at radius 1 is 1.33 bits per heavy atom. The van der Waals surface area contributed by atoms with Crippen LogP contribution < -0.4 is 4.90 Å². The topological polar surface area (TPSA) is 104 Å². The van der Waals surface area contributed by atoms with E-state index in [1.54, 1.807) is 24.3 Å². The Bertz CT molecular complexity index is 851. The van der Waals surface area contributed by atoms with E-state index in [1.807, 2.05) is 11.0 Å². The SMILES string of the molecule is N#CCCN(Cc1ccco1)C(=O)c1ccc(N2CCCC2)c([N+](=O)[O-])c1. The van der Waals surface area contributed by atoms with Gasteiger partial charge in [0.25, 0.3) is 11.6 Å². The van der Waals surface area contributed by atoms with Crippen LogP contribution in [0.2, 0.25) is 0 Å². The second kappa shape index (κ2) is 8.36. The van der Waals surface area contributed by atoms with E-state index in [2.05, 4.69) is 0 Å². The van der Waals surface area contributed by atoms with Crippen LogP contribution in [0.15, 0.2) is 41.0 Å². The molecule has 0 N–H and O–H groups in total. The summed E-state index contributed by atoms with van der Waals surface area (Å²) < 4.78 is 5.29. The number of benzene rings is 1. The maximum absolute atomic E-state index is 12.9. The highest BCUT2D eigenvalue weighted by atomic mass is 16.6. The largest absolute Gasteiger partial charge is 0.467 e. The number of nitro groups is 1. The van der Waals surface area contributed by atoms with E-state index in [0.717, 1.165) is 25.9 Å². The number of nitriles is 1. The first-order valence-electron chi connectivity index (χ1n) is 8.82. The molecule has 0 spiro atoms. The Balaban J connectivity index is 1.87. The summed E-state index contributed by atoms with van der Waals surface area (Å²) in [4.78, 5) is 27.5. The van der Waals surface area contributed by atoms with Crippen LogP contribution in [-0.4, -0.2) is 35.4 Å². The van der Waals surface area contributed by atoms with Gasteiger partial charge in [0.2, 0.25) is 0 Å². The molecule has 1 aliphatic rings. The maximum Gasteiger partial charge on any atom is 0.293 e. The molecule has 0 saturated carbocycles. The number of rotatable bonds is 7. The van der Waals surface area contributed by atoms with Gasteiger partial charge in [-0.15, -0.1) is 0 Å². The van der Waals surface area contributed by atoms with E-state index in [1.165, 1.54) is 17.2 Å². The lowest BCUT2D eigenvalue weighted by Crippen LogP contribution is -2.31. The molecule has 27 heavy (non-hydrogen) atoms. The molecule has 0 bridgehead atoms. The van der Waals surface area contributed by atoms with Crippen LogP contribution in [0, 0.1) is 21.4 Å². The molecular weight excluding hydrogens is 348 g/mol. The van der Waals surface area contributed by atoms with Gasteiger partial charge >= 0.3 is 0 Å². The molecule has 140 valence electrons. The van der Waals surface area contributed by atoms with Gasteiger partial charge in [-0.05, 0) is 37.1 Å². The molecule has 0 radical (unpaired) electrons. The van der Waals surface area contributed by atoms with E-state index in [-0.39, 0.29) is 36.7 Å². The van der Waals surface area contributed by atoms with Crippen molar-refractivity contribution in [3.63, 3.8) is 0 Å². The number of furan rings is 1. The normalized spacial score (nSPS) is 13.4. The van der Waals surface area contributed by atoms with Crippen molar-refractivity contribution in [3.8, 4) is 6.07 Å². The first-order valence-corrected chi connectivity index (χ1v) is 8.82. The number of hydrogen-bond acceptors (Lipinski definition) is 6. The molecule has 1 aliphatic heterocycles. The monoisotopic (exact) mass is 368 g/mol. The van der Waals surface area contributed by atoms with Gasteiger partial charge < -0.3 is 14.2 Å². The number of amides is 1. The van der Waals surface area contributed by atoms with Gasteiger partial charge in [0, 0.05) is 31.3 Å². The van der Waals surface area contributed by atoms with Crippen LogP contribution in [-0.2, 0) is 6.54 Å². The maximum atomic E-state index is 12.9. The van der Waals surface area contributed by atoms with E-state index in [9.17, 15) is 14.9 Å². The van der Waals surface area contributed by atoms with Crippen molar-refractivity contribution in [1.82, 2.24) is 4.90 Å². The first kappa shape index (κ1) is 18.5. The van der Waals surface area contributed by atoms with Gasteiger partial charge in [0.05, 0.1) is 30.2 Å². The molecule has 3 rings (SSSR count). The molecular formula is C19H20N4O4. The molecule has 1 amide bonds. The molecule has 1 saturated heterocycles. The molecule has 0 unspecified atom stereocenters. The fourth-order valence-electron chi connectivity index (χ4n) is 3.24. The summed E-state index contributed by atoms with van der Waals surface area (Å²) in [5.74, 6) is 0.224. The highest BCUT2D eigenvalue weighted by Gasteiger charge is 2.25. The Kier molecular flexibility index (Phi) is 5.71. The van der Waals surface area contributed by atoms with Gasteiger partial charge in [-0.1, -0.05) is 0 Å². The minimum absolute atomic E-state index is 0.0685. The van der Waals surface area contributed by atoms with E-state index in [4.69, 9.17) is 9.68 Å². The Morgan fingerprint density at radius 2 is 2.11 bits per heavy atom. The zero-order valence-corrected chi connectivity index (χ0v) is 14.8. The molecule has 2 aromatic rings. The second-order valence-corrected chi connectivity index (χ2v) is 6.37. The van der Waals surface area contributed by atoms with Crippen molar-refractivity contribution < 1.29 is 14.1 Å². The molecule has 0 aliphatic carbocycles. The molecule has 8 nitrogen and oxygen atoms in total. The van der Waals surface area contributed by atoms with Gasteiger partial charge in [-0.3, -0.25) is 14.9 Å². The lowest BCUT2D eigenvalue weighted by molar-refractivity contribution is -0.384. The van der Waals surface area contributed by atoms with Crippen molar-refractivity contribution in [2.45, 2.75) is 25.8 Å². The van der Waals surface area contributed by atoms with Crippen LogP contribution in [0.4, 0.5) is 11.4 Å². The summed E-state index contributed by atoms with van der Waals surface area (Å²) in [6.45, 7) is 1.98. The van der Waals surface area contributed by atoms with Crippen molar-refractivity contribution in [2.75, 3.05) is 24.5 Å². The molecule has 1 aromatic heterocycles. The van der Waals surface area contributed by atoms with Crippen LogP contribution in [0.5, 0.6) is 0 Å². The number of nitrogens with zero attached hydrogens (tertiary/aromatic N) is 4.